The molecular formula is C25H20F2N2O3. The quantitative estimate of drug-likeness (QED) is 0.395. The van der Waals surface area contributed by atoms with Crippen molar-refractivity contribution in [1.29, 1.82) is 0 Å². The van der Waals surface area contributed by atoms with Crippen LogP contribution in [0.4, 0.5) is 13.6 Å². The molecule has 162 valence electrons. The summed E-state index contributed by atoms with van der Waals surface area (Å²) in [5, 5.41) is 3.42. The van der Waals surface area contributed by atoms with Crippen LogP contribution < -0.4 is 5.32 Å². The molecule has 0 saturated carbocycles. The molecule has 3 aromatic carbocycles. The average Bonchev–Trinajstić information content (AvgIpc) is 3.20. The van der Waals surface area contributed by atoms with Crippen molar-refractivity contribution in [3.8, 4) is 0 Å². The van der Waals surface area contributed by atoms with Crippen molar-refractivity contribution in [3.05, 3.63) is 107 Å². The lowest BCUT2D eigenvalue weighted by atomic mass is 9.97. The van der Waals surface area contributed by atoms with E-state index in [4.69, 9.17) is 4.74 Å². The summed E-state index contributed by atoms with van der Waals surface area (Å²) in [6.45, 7) is 0.0194. The molecule has 4 rings (SSSR count). The average molecular weight is 434 g/mol. The van der Waals surface area contributed by atoms with Gasteiger partial charge in [-0.25, -0.2) is 13.6 Å². The third kappa shape index (κ3) is 4.83. The molecule has 0 bridgehead atoms. The Labute approximate surface area is 183 Å². The van der Waals surface area contributed by atoms with E-state index in [0.29, 0.717) is 6.07 Å². The van der Waals surface area contributed by atoms with E-state index in [1.54, 1.807) is 18.3 Å². The van der Waals surface area contributed by atoms with Crippen molar-refractivity contribution >= 4 is 22.8 Å². The summed E-state index contributed by atoms with van der Waals surface area (Å²) in [4.78, 5) is 28.7. The molecule has 4 aromatic rings. The number of ketones is 1. The van der Waals surface area contributed by atoms with E-state index < -0.39 is 29.6 Å². The first-order valence-electron chi connectivity index (χ1n) is 10.0. The Kier molecular flexibility index (Phi) is 6.26. The van der Waals surface area contributed by atoms with Gasteiger partial charge in [0.2, 0.25) is 0 Å². The largest absolute Gasteiger partial charge is 0.445 e. The Morgan fingerprint density at radius 3 is 2.50 bits per heavy atom. The molecular weight excluding hydrogens is 414 g/mol. The fraction of sp³-hybridized carbons (Fsp3) is 0.120. The number of benzene rings is 3. The number of nitrogens with one attached hydrogen (secondary N) is 2. The summed E-state index contributed by atoms with van der Waals surface area (Å²) >= 11 is 0. The molecule has 7 heteroatoms. The summed E-state index contributed by atoms with van der Waals surface area (Å²) in [6, 6.07) is 18.2. The highest BCUT2D eigenvalue weighted by molar-refractivity contribution is 6.02. The second-order valence-corrected chi connectivity index (χ2v) is 7.31. The number of hydrogen-bond acceptors (Lipinski definition) is 3. The third-order valence-corrected chi connectivity index (χ3v) is 5.12. The molecule has 0 unspecified atom stereocenters. The number of hydrogen-bond donors (Lipinski definition) is 2. The molecule has 0 aliphatic rings. The minimum Gasteiger partial charge on any atom is -0.445 e. The smallest absolute Gasteiger partial charge is 0.408 e. The fourth-order valence-electron chi connectivity index (χ4n) is 3.51. The first kappa shape index (κ1) is 21.2. The lowest BCUT2D eigenvalue weighted by Gasteiger charge is -2.18. The zero-order valence-corrected chi connectivity index (χ0v) is 17.0. The zero-order chi connectivity index (χ0) is 22.5. The van der Waals surface area contributed by atoms with Gasteiger partial charge in [-0.2, -0.15) is 0 Å². The molecule has 5 nitrogen and oxygen atoms in total. The van der Waals surface area contributed by atoms with E-state index in [1.807, 2.05) is 42.5 Å². The number of H-pyrrole nitrogens is 1. The van der Waals surface area contributed by atoms with E-state index in [9.17, 15) is 18.4 Å². The van der Waals surface area contributed by atoms with Crippen LogP contribution in [0.1, 0.15) is 21.5 Å². The van der Waals surface area contributed by atoms with Gasteiger partial charge in [-0.05, 0) is 29.3 Å². The highest BCUT2D eigenvalue weighted by Gasteiger charge is 2.26. The summed E-state index contributed by atoms with van der Waals surface area (Å²) < 4.78 is 32.8. The number of rotatable bonds is 7. The molecule has 0 aliphatic carbocycles. The normalized spacial score (nSPS) is 11.8. The Bertz CT molecular complexity index is 1250. The maximum absolute atomic E-state index is 14.3. The van der Waals surface area contributed by atoms with Crippen molar-refractivity contribution in [2.75, 3.05) is 0 Å². The molecule has 0 aliphatic heterocycles. The monoisotopic (exact) mass is 434 g/mol. The Balaban J connectivity index is 1.56. The molecule has 1 aromatic heterocycles. The minimum atomic E-state index is -1.11. The number of Topliss-reactive ketones (excluding diaryl/α,β-unsaturated/α-hetero) is 1. The topological polar surface area (TPSA) is 71.2 Å². The number of para-hydroxylation sites is 1. The van der Waals surface area contributed by atoms with Gasteiger partial charge in [0.05, 0.1) is 11.6 Å². The molecule has 32 heavy (non-hydrogen) atoms. The second kappa shape index (κ2) is 9.43. The number of carbonyl (C=O) groups is 2. The Morgan fingerprint density at radius 1 is 0.969 bits per heavy atom. The number of amides is 1. The molecule has 2 N–H and O–H groups in total. The lowest BCUT2D eigenvalue weighted by molar-refractivity contribution is 0.0912. The standard InChI is InChI=1S/C25H20F2N2O3/c26-18-10-11-20(21(27)13-18)24(30)23(12-17-14-28-22-9-5-4-8-19(17)22)29-25(31)32-15-16-6-2-1-3-7-16/h1-11,13-14,23,28H,12,15H2,(H,29,31)/t23-/m0/s1. The van der Waals surface area contributed by atoms with Gasteiger partial charge < -0.3 is 15.0 Å². The Morgan fingerprint density at radius 2 is 1.72 bits per heavy atom. The summed E-state index contributed by atoms with van der Waals surface area (Å²) in [7, 11) is 0. The van der Waals surface area contributed by atoms with Crippen molar-refractivity contribution in [2.45, 2.75) is 19.1 Å². The molecule has 1 amide bonds. The van der Waals surface area contributed by atoms with Crippen LogP contribution in [0.15, 0.2) is 79.0 Å². The Hall–Kier alpha value is -4.00. The first-order valence-corrected chi connectivity index (χ1v) is 10.0. The summed E-state index contributed by atoms with van der Waals surface area (Å²) in [6.07, 6.45) is 1.03. The van der Waals surface area contributed by atoms with E-state index in [-0.39, 0.29) is 18.6 Å². The van der Waals surface area contributed by atoms with Gasteiger partial charge in [-0.1, -0.05) is 48.5 Å². The first-order chi connectivity index (χ1) is 15.5. The molecule has 0 saturated heterocycles. The van der Waals surface area contributed by atoms with Gasteiger partial charge >= 0.3 is 6.09 Å². The van der Waals surface area contributed by atoms with Crippen LogP contribution in [-0.2, 0) is 17.8 Å². The van der Waals surface area contributed by atoms with Crippen molar-refractivity contribution in [3.63, 3.8) is 0 Å². The summed E-state index contributed by atoms with van der Waals surface area (Å²) in [5.41, 5.74) is 2.12. The van der Waals surface area contributed by atoms with Gasteiger partial charge in [0.15, 0.2) is 5.78 Å². The van der Waals surface area contributed by atoms with Crippen molar-refractivity contribution in [2.24, 2.45) is 0 Å². The number of aromatic amines is 1. The number of carbonyl (C=O) groups excluding carboxylic acids is 2. The van der Waals surface area contributed by atoms with Crippen LogP contribution >= 0.6 is 0 Å². The van der Waals surface area contributed by atoms with Crippen LogP contribution in [0.25, 0.3) is 10.9 Å². The number of alkyl carbamates (subject to hydrolysis) is 1. The van der Waals surface area contributed by atoms with E-state index in [2.05, 4.69) is 10.3 Å². The van der Waals surface area contributed by atoms with Crippen LogP contribution in [0.2, 0.25) is 0 Å². The number of halogens is 2. The number of fused-ring (bicyclic) bond motifs is 1. The van der Waals surface area contributed by atoms with Crippen molar-refractivity contribution < 1.29 is 23.1 Å². The third-order valence-electron chi connectivity index (χ3n) is 5.12. The van der Waals surface area contributed by atoms with E-state index >= 15 is 0 Å². The number of ether oxygens (including phenoxy) is 1. The maximum Gasteiger partial charge on any atom is 0.408 e. The van der Waals surface area contributed by atoms with E-state index in [0.717, 1.165) is 34.2 Å². The predicted octanol–water partition coefficient (Wildman–Crippen LogP) is 5.17. The van der Waals surface area contributed by atoms with Gasteiger partial charge in [-0.15, -0.1) is 0 Å². The van der Waals surface area contributed by atoms with Crippen LogP contribution in [0.3, 0.4) is 0 Å². The predicted molar refractivity (Wildman–Crippen MR) is 116 cm³/mol. The van der Waals surface area contributed by atoms with E-state index in [1.165, 1.54) is 0 Å². The zero-order valence-electron chi connectivity index (χ0n) is 17.0. The summed E-state index contributed by atoms with van der Waals surface area (Å²) in [5.74, 6) is -2.45. The van der Waals surface area contributed by atoms with Gasteiger partial charge in [0.25, 0.3) is 0 Å². The van der Waals surface area contributed by atoms with Crippen molar-refractivity contribution in [1.82, 2.24) is 10.3 Å². The van der Waals surface area contributed by atoms with Crippen LogP contribution in [0.5, 0.6) is 0 Å². The molecule has 1 atom stereocenters. The SMILES string of the molecule is O=C(N[C@@H](Cc1c[nH]c2ccccc12)C(=O)c1ccc(F)cc1F)OCc1ccccc1. The maximum atomic E-state index is 14.3. The highest BCUT2D eigenvalue weighted by atomic mass is 19.1. The number of aromatic nitrogens is 1. The molecule has 1 heterocycles. The van der Waals surface area contributed by atoms with Gasteiger partial charge in [-0.3, -0.25) is 4.79 Å². The highest BCUT2D eigenvalue weighted by Crippen LogP contribution is 2.21. The fourth-order valence-corrected chi connectivity index (χ4v) is 3.51. The molecule has 0 radical (unpaired) electrons. The molecule has 0 fully saturated rings. The van der Waals surface area contributed by atoms with Crippen LogP contribution in [-0.4, -0.2) is 22.9 Å². The molecule has 0 spiro atoms. The lowest BCUT2D eigenvalue weighted by Crippen LogP contribution is -2.43. The van der Waals surface area contributed by atoms with Crippen LogP contribution in [0, 0.1) is 11.6 Å². The van der Waals surface area contributed by atoms with Gasteiger partial charge in [0.1, 0.15) is 18.2 Å². The second-order valence-electron chi connectivity index (χ2n) is 7.31. The van der Waals surface area contributed by atoms with Gasteiger partial charge in [0, 0.05) is 29.6 Å². The minimum absolute atomic E-state index is 0.0194.